The van der Waals surface area contributed by atoms with Crippen LogP contribution in [0.5, 0.6) is 0 Å². The second-order valence-electron chi connectivity index (χ2n) is 3.81. The topological polar surface area (TPSA) is 84.5 Å². The Morgan fingerprint density at radius 3 is 2.88 bits per heavy atom. The first-order chi connectivity index (χ1) is 7.53. The number of carbonyl (C=O) groups excluding carboxylic acids is 1. The minimum absolute atomic E-state index is 0.358. The third kappa shape index (κ3) is 4.91. The van der Waals surface area contributed by atoms with Gasteiger partial charge in [-0.25, -0.2) is 13.1 Å². The fourth-order valence-corrected chi connectivity index (χ4v) is 2.62. The smallest absolute Gasteiger partial charge is 0.322 e. The highest BCUT2D eigenvalue weighted by molar-refractivity contribution is 7.90. The van der Waals surface area contributed by atoms with Gasteiger partial charge in [0, 0.05) is 12.6 Å². The van der Waals surface area contributed by atoms with Gasteiger partial charge in [0.1, 0.15) is 0 Å². The largest absolute Gasteiger partial charge is 0.468 e. The predicted octanol–water partition coefficient (Wildman–Crippen LogP) is -0.779. The van der Waals surface area contributed by atoms with E-state index in [-0.39, 0.29) is 0 Å². The predicted molar refractivity (Wildman–Crippen MR) is 59.4 cm³/mol. The minimum Gasteiger partial charge on any atom is -0.468 e. The molecule has 0 bridgehead atoms. The molecule has 1 aliphatic heterocycles. The number of methoxy groups -OCH3 is 1. The molecule has 0 aromatic carbocycles. The quantitative estimate of drug-likeness (QED) is 0.604. The maximum absolute atomic E-state index is 11.3. The number of carbonyl (C=O) groups is 1. The van der Waals surface area contributed by atoms with Crippen molar-refractivity contribution in [3.8, 4) is 0 Å². The molecule has 1 fully saturated rings. The van der Waals surface area contributed by atoms with Gasteiger partial charge in [0.2, 0.25) is 10.0 Å². The van der Waals surface area contributed by atoms with Gasteiger partial charge < -0.3 is 10.1 Å². The van der Waals surface area contributed by atoms with Gasteiger partial charge >= 0.3 is 5.97 Å². The lowest BCUT2D eigenvalue weighted by molar-refractivity contribution is -0.137. The van der Waals surface area contributed by atoms with Crippen LogP contribution in [0.15, 0.2) is 0 Å². The zero-order chi connectivity index (χ0) is 12.0. The number of rotatable bonds is 6. The van der Waals surface area contributed by atoms with Crippen molar-refractivity contribution in [1.82, 2.24) is 10.0 Å². The molecule has 0 unspecified atom stereocenters. The van der Waals surface area contributed by atoms with Crippen LogP contribution in [-0.2, 0) is 19.6 Å². The van der Waals surface area contributed by atoms with Crippen molar-refractivity contribution in [3.05, 3.63) is 0 Å². The van der Waals surface area contributed by atoms with E-state index in [1.165, 1.54) is 7.11 Å². The van der Waals surface area contributed by atoms with Crippen molar-refractivity contribution < 1.29 is 17.9 Å². The van der Waals surface area contributed by atoms with Gasteiger partial charge in [-0.1, -0.05) is 0 Å². The van der Waals surface area contributed by atoms with Gasteiger partial charge in [-0.2, -0.15) is 0 Å². The van der Waals surface area contributed by atoms with Gasteiger partial charge in [-0.15, -0.1) is 0 Å². The number of esters is 1. The summed E-state index contributed by atoms with van der Waals surface area (Å²) in [6.07, 6.45) is 2.97. The molecule has 16 heavy (non-hydrogen) atoms. The van der Waals surface area contributed by atoms with Crippen LogP contribution in [0.25, 0.3) is 0 Å². The molecular weight excluding hydrogens is 232 g/mol. The van der Waals surface area contributed by atoms with E-state index in [2.05, 4.69) is 14.8 Å². The summed E-state index contributed by atoms with van der Waals surface area (Å²) in [6.45, 7) is 1.36. The molecule has 0 radical (unpaired) electrons. The Morgan fingerprint density at radius 2 is 2.31 bits per heavy atom. The molecule has 1 atom stereocenters. The zero-order valence-electron chi connectivity index (χ0n) is 9.36. The Balaban J connectivity index is 2.22. The summed E-state index contributed by atoms with van der Waals surface area (Å²) in [5, 5.41) is 3.27. The maximum atomic E-state index is 11.3. The van der Waals surface area contributed by atoms with Crippen LogP contribution < -0.4 is 10.0 Å². The van der Waals surface area contributed by atoms with Crippen molar-refractivity contribution >= 4 is 16.0 Å². The van der Waals surface area contributed by atoms with Crippen LogP contribution in [0.3, 0.4) is 0 Å². The Morgan fingerprint density at radius 1 is 1.56 bits per heavy atom. The zero-order valence-corrected chi connectivity index (χ0v) is 10.2. The number of ether oxygens (including phenoxy) is 1. The number of hydrogen-bond donors (Lipinski definition) is 2. The highest BCUT2D eigenvalue weighted by atomic mass is 32.2. The van der Waals surface area contributed by atoms with Gasteiger partial charge in [-0.3, -0.25) is 4.79 Å². The molecule has 2 N–H and O–H groups in total. The van der Waals surface area contributed by atoms with Crippen LogP contribution >= 0.6 is 0 Å². The molecule has 0 aromatic rings. The van der Waals surface area contributed by atoms with E-state index in [4.69, 9.17) is 0 Å². The van der Waals surface area contributed by atoms with Crippen molar-refractivity contribution in [2.75, 3.05) is 26.0 Å². The molecule has 1 heterocycles. The average molecular weight is 250 g/mol. The standard InChI is InChI=1S/C9H18N2O4S/c1-15-9(12)7-16(13,14)11-6-4-8-3-2-5-10-8/h8,10-11H,2-7H2,1H3/t8-/m1/s1. The third-order valence-corrected chi connectivity index (χ3v) is 3.77. The van der Waals surface area contributed by atoms with E-state index in [0.717, 1.165) is 25.8 Å². The summed E-state index contributed by atoms with van der Waals surface area (Å²) in [5.41, 5.74) is 0. The van der Waals surface area contributed by atoms with E-state index >= 15 is 0 Å². The first-order valence-electron chi connectivity index (χ1n) is 5.31. The first-order valence-corrected chi connectivity index (χ1v) is 6.96. The molecule has 7 heteroatoms. The average Bonchev–Trinajstić information content (AvgIpc) is 2.69. The molecule has 6 nitrogen and oxygen atoms in total. The summed E-state index contributed by atoms with van der Waals surface area (Å²) in [6, 6.07) is 0.390. The van der Waals surface area contributed by atoms with Crippen LogP contribution in [0.1, 0.15) is 19.3 Å². The molecule has 0 saturated carbocycles. The van der Waals surface area contributed by atoms with Crippen molar-refractivity contribution in [2.24, 2.45) is 0 Å². The molecule has 0 aliphatic carbocycles. The van der Waals surface area contributed by atoms with E-state index < -0.39 is 21.7 Å². The highest BCUT2D eigenvalue weighted by Gasteiger charge is 2.18. The van der Waals surface area contributed by atoms with Gasteiger partial charge in [0.25, 0.3) is 0 Å². The molecule has 1 saturated heterocycles. The molecule has 0 spiro atoms. The van der Waals surface area contributed by atoms with Crippen LogP contribution in [-0.4, -0.2) is 46.4 Å². The van der Waals surface area contributed by atoms with E-state index in [0.29, 0.717) is 12.6 Å². The summed E-state index contributed by atoms with van der Waals surface area (Å²) in [4.78, 5) is 10.8. The maximum Gasteiger partial charge on any atom is 0.322 e. The van der Waals surface area contributed by atoms with Crippen molar-refractivity contribution in [1.29, 1.82) is 0 Å². The number of hydrogen-bond acceptors (Lipinski definition) is 5. The van der Waals surface area contributed by atoms with Crippen LogP contribution in [0.4, 0.5) is 0 Å². The normalized spacial score (nSPS) is 20.9. The fourth-order valence-electron chi connectivity index (χ4n) is 1.66. The molecule has 0 amide bonds. The lowest BCUT2D eigenvalue weighted by Crippen LogP contribution is -2.34. The Hall–Kier alpha value is -0.660. The van der Waals surface area contributed by atoms with E-state index in [1.807, 2.05) is 0 Å². The molecule has 0 aromatic heterocycles. The summed E-state index contributed by atoms with van der Waals surface area (Å²) < 4.78 is 29.4. The van der Waals surface area contributed by atoms with Crippen molar-refractivity contribution in [2.45, 2.75) is 25.3 Å². The molecule has 94 valence electrons. The second-order valence-corrected chi connectivity index (χ2v) is 5.62. The summed E-state index contributed by atoms with van der Waals surface area (Å²) in [5.74, 6) is -1.35. The second kappa shape index (κ2) is 6.17. The third-order valence-electron chi connectivity index (χ3n) is 2.51. The molecule has 1 rings (SSSR count). The SMILES string of the molecule is COC(=O)CS(=O)(=O)NCC[C@H]1CCCN1. The molecule has 1 aliphatic rings. The molecular formula is C9H18N2O4S. The van der Waals surface area contributed by atoms with Gasteiger partial charge in [0.15, 0.2) is 5.75 Å². The number of sulfonamides is 1. The lowest BCUT2D eigenvalue weighted by Gasteiger charge is -2.10. The van der Waals surface area contributed by atoms with Crippen molar-refractivity contribution in [3.63, 3.8) is 0 Å². The van der Waals surface area contributed by atoms with Crippen LogP contribution in [0, 0.1) is 0 Å². The monoisotopic (exact) mass is 250 g/mol. The van der Waals surface area contributed by atoms with E-state index in [1.54, 1.807) is 0 Å². The number of nitrogens with one attached hydrogen (secondary N) is 2. The Kier molecular flexibility index (Phi) is 5.17. The highest BCUT2D eigenvalue weighted by Crippen LogP contribution is 2.07. The summed E-state index contributed by atoms with van der Waals surface area (Å²) in [7, 11) is -2.37. The lowest BCUT2D eigenvalue weighted by atomic mass is 10.2. The Labute approximate surface area is 95.8 Å². The van der Waals surface area contributed by atoms with Gasteiger partial charge in [0.05, 0.1) is 7.11 Å². The minimum atomic E-state index is -3.54. The van der Waals surface area contributed by atoms with E-state index in [9.17, 15) is 13.2 Å². The summed E-state index contributed by atoms with van der Waals surface area (Å²) >= 11 is 0. The Bertz CT molecular complexity index is 322. The van der Waals surface area contributed by atoms with Gasteiger partial charge in [-0.05, 0) is 25.8 Å². The first kappa shape index (κ1) is 13.4. The fraction of sp³-hybridized carbons (Fsp3) is 0.889. The van der Waals surface area contributed by atoms with Crippen LogP contribution in [0.2, 0.25) is 0 Å².